The predicted molar refractivity (Wildman–Crippen MR) is 74.8 cm³/mol. The van der Waals surface area contributed by atoms with Crippen LogP contribution < -0.4 is 5.73 Å². The molecule has 0 saturated heterocycles. The fourth-order valence-corrected chi connectivity index (χ4v) is 1.82. The van der Waals surface area contributed by atoms with E-state index < -0.39 is 17.8 Å². The van der Waals surface area contributed by atoms with Crippen molar-refractivity contribution in [3.63, 3.8) is 0 Å². The zero-order chi connectivity index (χ0) is 15.9. The van der Waals surface area contributed by atoms with Gasteiger partial charge in [-0.2, -0.15) is 13.2 Å². The third kappa shape index (κ3) is 6.46. The van der Waals surface area contributed by atoms with Crippen molar-refractivity contribution in [3.05, 3.63) is 35.4 Å². The zero-order valence-corrected chi connectivity index (χ0v) is 12.3. The molecule has 21 heavy (non-hydrogen) atoms. The number of rotatable bonds is 8. The average Bonchev–Trinajstić information content (AvgIpc) is 2.41. The van der Waals surface area contributed by atoms with E-state index in [0.29, 0.717) is 25.7 Å². The molecule has 0 aliphatic rings. The van der Waals surface area contributed by atoms with E-state index in [-0.39, 0.29) is 12.2 Å². The van der Waals surface area contributed by atoms with Gasteiger partial charge in [-0.1, -0.05) is 32.0 Å². The standard InChI is InChI=1S/C15H22F3NO2/c1-11(2)9-20-7-8-21-10-14(19)12-5-3-4-6-13(12)15(16,17)18/h3-6,11,14H,7-10,19H2,1-2H3. The summed E-state index contributed by atoms with van der Waals surface area (Å²) in [6.45, 7) is 5.44. The third-order valence-electron chi connectivity index (χ3n) is 2.79. The van der Waals surface area contributed by atoms with Crippen LogP contribution in [0.2, 0.25) is 0 Å². The van der Waals surface area contributed by atoms with Gasteiger partial charge in [0.25, 0.3) is 0 Å². The lowest BCUT2D eigenvalue weighted by Crippen LogP contribution is -2.22. The molecule has 0 bridgehead atoms. The number of nitrogens with two attached hydrogens (primary N) is 1. The molecule has 0 heterocycles. The topological polar surface area (TPSA) is 44.5 Å². The molecule has 1 aromatic carbocycles. The maximum atomic E-state index is 12.9. The Balaban J connectivity index is 2.44. The van der Waals surface area contributed by atoms with Gasteiger partial charge in [-0.3, -0.25) is 0 Å². The largest absolute Gasteiger partial charge is 0.416 e. The predicted octanol–water partition coefficient (Wildman–Crippen LogP) is 3.39. The summed E-state index contributed by atoms with van der Waals surface area (Å²) in [6.07, 6.45) is -4.41. The van der Waals surface area contributed by atoms with Gasteiger partial charge in [0.05, 0.1) is 31.4 Å². The van der Waals surface area contributed by atoms with E-state index in [4.69, 9.17) is 15.2 Å². The minimum Gasteiger partial charge on any atom is -0.379 e. The van der Waals surface area contributed by atoms with Crippen LogP contribution >= 0.6 is 0 Å². The number of ether oxygens (including phenoxy) is 2. The number of alkyl halides is 3. The van der Waals surface area contributed by atoms with Gasteiger partial charge in [0, 0.05) is 6.61 Å². The van der Waals surface area contributed by atoms with E-state index >= 15 is 0 Å². The van der Waals surface area contributed by atoms with Crippen molar-refractivity contribution < 1.29 is 22.6 Å². The fraction of sp³-hybridized carbons (Fsp3) is 0.600. The SMILES string of the molecule is CC(C)COCCOCC(N)c1ccccc1C(F)(F)F. The molecule has 1 aromatic rings. The first-order valence-corrected chi connectivity index (χ1v) is 6.89. The molecule has 6 heteroatoms. The minimum absolute atomic E-state index is 0.0259. The van der Waals surface area contributed by atoms with Gasteiger partial charge in [-0.05, 0) is 17.5 Å². The lowest BCUT2D eigenvalue weighted by atomic mass is 10.0. The van der Waals surface area contributed by atoms with Crippen LogP contribution in [0.3, 0.4) is 0 Å². The van der Waals surface area contributed by atoms with Crippen molar-refractivity contribution in [2.75, 3.05) is 26.4 Å². The zero-order valence-electron chi connectivity index (χ0n) is 12.3. The van der Waals surface area contributed by atoms with Crippen molar-refractivity contribution >= 4 is 0 Å². The molecular weight excluding hydrogens is 283 g/mol. The first-order valence-electron chi connectivity index (χ1n) is 6.89. The number of halogens is 3. The molecule has 1 unspecified atom stereocenters. The molecule has 0 spiro atoms. The van der Waals surface area contributed by atoms with Gasteiger partial charge in [-0.25, -0.2) is 0 Å². The molecule has 0 aliphatic heterocycles. The molecule has 0 saturated carbocycles. The monoisotopic (exact) mass is 305 g/mol. The van der Waals surface area contributed by atoms with E-state index in [9.17, 15) is 13.2 Å². The van der Waals surface area contributed by atoms with E-state index in [1.165, 1.54) is 18.2 Å². The highest BCUT2D eigenvalue weighted by Crippen LogP contribution is 2.33. The number of hydrogen-bond donors (Lipinski definition) is 1. The highest BCUT2D eigenvalue weighted by molar-refractivity contribution is 5.32. The van der Waals surface area contributed by atoms with Crippen LogP contribution in [0, 0.1) is 5.92 Å². The first kappa shape index (κ1) is 17.9. The summed E-state index contributed by atoms with van der Waals surface area (Å²) in [6, 6.07) is 4.48. The lowest BCUT2D eigenvalue weighted by molar-refractivity contribution is -0.138. The third-order valence-corrected chi connectivity index (χ3v) is 2.79. The van der Waals surface area contributed by atoms with Crippen LogP contribution in [-0.2, 0) is 15.7 Å². The Hall–Kier alpha value is -1.11. The summed E-state index contributed by atoms with van der Waals surface area (Å²) in [4.78, 5) is 0. The van der Waals surface area contributed by atoms with Crippen molar-refractivity contribution in [2.24, 2.45) is 11.7 Å². The molecular formula is C15H22F3NO2. The Morgan fingerprint density at radius 2 is 1.62 bits per heavy atom. The molecule has 1 atom stereocenters. The average molecular weight is 305 g/mol. The Morgan fingerprint density at radius 3 is 2.19 bits per heavy atom. The summed E-state index contributed by atoms with van der Waals surface area (Å²) in [5, 5.41) is 0. The van der Waals surface area contributed by atoms with Gasteiger partial charge >= 0.3 is 6.18 Å². The summed E-state index contributed by atoms with van der Waals surface area (Å²) >= 11 is 0. The smallest absolute Gasteiger partial charge is 0.379 e. The summed E-state index contributed by atoms with van der Waals surface area (Å²) < 4.78 is 49.2. The van der Waals surface area contributed by atoms with Crippen molar-refractivity contribution in [1.29, 1.82) is 0 Å². The molecule has 2 N–H and O–H groups in total. The first-order chi connectivity index (χ1) is 9.82. The van der Waals surface area contributed by atoms with E-state index in [1.807, 2.05) is 13.8 Å². The summed E-state index contributed by atoms with van der Waals surface area (Å²) in [7, 11) is 0. The quantitative estimate of drug-likeness (QED) is 0.749. The van der Waals surface area contributed by atoms with E-state index in [2.05, 4.69) is 0 Å². The molecule has 3 nitrogen and oxygen atoms in total. The minimum atomic E-state index is -4.41. The van der Waals surface area contributed by atoms with Gasteiger partial charge in [0.15, 0.2) is 0 Å². The van der Waals surface area contributed by atoms with Gasteiger partial charge in [0.1, 0.15) is 0 Å². The van der Waals surface area contributed by atoms with E-state index in [0.717, 1.165) is 6.07 Å². The number of benzene rings is 1. The van der Waals surface area contributed by atoms with Crippen LogP contribution in [0.15, 0.2) is 24.3 Å². The van der Waals surface area contributed by atoms with Crippen molar-refractivity contribution in [2.45, 2.75) is 26.1 Å². The van der Waals surface area contributed by atoms with Crippen molar-refractivity contribution in [1.82, 2.24) is 0 Å². The van der Waals surface area contributed by atoms with Crippen LogP contribution in [0.4, 0.5) is 13.2 Å². The van der Waals surface area contributed by atoms with Crippen LogP contribution in [0.5, 0.6) is 0 Å². The summed E-state index contributed by atoms with van der Waals surface area (Å²) in [5.41, 5.74) is 5.13. The Labute approximate surface area is 123 Å². The lowest BCUT2D eigenvalue weighted by Gasteiger charge is -2.18. The molecule has 0 fully saturated rings. The second kappa shape index (κ2) is 8.36. The Bertz CT molecular complexity index is 422. The van der Waals surface area contributed by atoms with Crippen LogP contribution in [0.1, 0.15) is 31.0 Å². The van der Waals surface area contributed by atoms with Crippen LogP contribution in [0.25, 0.3) is 0 Å². The Kier molecular flexibility index (Phi) is 7.14. The molecule has 0 aliphatic carbocycles. The molecule has 0 aromatic heterocycles. The highest BCUT2D eigenvalue weighted by Gasteiger charge is 2.34. The molecule has 1 rings (SSSR count). The van der Waals surface area contributed by atoms with Gasteiger partial charge in [0.2, 0.25) is 0 Å². The van der Waals surface area contributed by atoms with Crippen molar-refractivity contribution in [3.8, 4) is 0 Å². The fourth-order valence-electron chi connectivity index (χ4n) is 1.82. The Morgan fingerprint density at radius 1 is 1.05 bits per heavy atom. The molecule has 120 valence electrons. The highest BCUT2D eigenvalue weighted by atomic mass is 19.4. The molecule has 0 amide bonds. The molecule has 0 radical (unpaired) electrons. The second-order valence-electron chi connectivity index (χ2n) is 5.24. The number of hydrogen-bond acceptors (Lipinski definition) is 3. The normalized spacial score (nSPS) is 13.7. The maximum absolute atomic E-state index is 12.9. The second-order valence-corrected chi connectivity index (χ2v) is 5.24. The maximum Gasteiger partial charge on any atom is 0.416 e. The van der Waals surface area contributed by atoms with E-state index in [1.54, 1.807) is 0 Å². The van der Waals surface area contributed by atoms with Gasteiger partial charge < -0.3 is 15.2 Å². The van der Waals surface area contributed by atoms with Crippen LogP contribution in [-0.4, -0.2) is 26.4 Å². The van der Waals surface area contributed by atoms with Gasteiger partial charge in [-0.15, -0.1) is 0 Å². The summed E-state index contributed by atoms with van der Waals surface area (Å²) in [5.74, 6) is 0.436.